The minimum Gasteiger partial charge on any atom is -1.00 e. The Morgan fingerprint density at radius 3 is 2.86 bits per heavy atom. The number of hydrogen-bond acceptors (Lipinski definition) is 2. The maximum atomic E-state index is 10.8. The number of carboxylic acids is 1. The van der Waals surface area contributed by atoms with Crippen LogP contribution in [0.3, 0.4) is 0 Å². The van der Waals surface area contributed by atoms with Crippen LogP contribution in [0.4, 0.5) is 5.69 Å². The van der Waals surface area contributed by atoms with E-state index in [2.05, 4.69) is 5.32 Å². The van der Waals surface area contributed by atoms with Crippen LogP contribution < -0.4 is 34.9 Å². The number of carboxylic acid groups (broad SMARTS) is 1. The van der Waals surface area contributed by atoms with Crippen molar-refractivity contribution in [2.45, 2.75) is 0 Å². The summed E-state index contributed by atoms with van der Waals surface area (Å²) in [6.07, 6.45) is 1.69. The van der Waals surface area contributed by atoms with E-state index in [0.29, 0.717) is 12.1 Å². The van der Waals surface area contributed by atoms with Crippen LogP contribution in [0.15, 0.2) is 30.3 Å². The normalized spacial score (nSPS) is 13.0. The van der Waals surface area contributed by atoms with Gasteiger partial charge in [-0.25, -0.2) is 4.79 Å². The molecule has 0 aromatic heterocycles. The van der Waals surface area contributed by atoms with E-state index in [1.54, 1.807) is 12.1 Å². The van der Waals surface area contributed by atoms with E-state index in [1.807, 2.05) is 18.2 Å². The van der Waals surface area contributed by atoms with Gasteiger partial charge >= 0.3 is 35.5 Å². The molecule has 0 fully saturated rings. The van der Waals surface area contributed by atoms with Crippen molar-refractivity contribution in [3.63, 3.8) is 0 Å². The Morgan fingerprint density at radius 2 is 2.14 bits per heavy atom. The van der Waals surface area contributed by atoms with E-state index in [0.717, 1.165) is 11.3 Å². The second kappa shape index (κ2) is 4.64. The third-order valence-electron chi connectivity index (χ3n) is 2.05. The van der Waals surface area contributed by atoms with Gasteiger partial charge in [0.05, 0.1) is 5.57 Å². The van der Waals surface area contributed by atoms with Crippen molar-refractivity contribution in [3.8, 4) is 0 Å². The zero-order valence-corrected chi connectivity index (χ0v) is 9.95. The summed E-state index contributed by atoms with van der Waals surface area (Å²) >= 11 is 0. The van der Waals surface area contributed by atoms with E-state index < -0.39 is 5.97 Å². The Bertz CT molecular complexity index is 393. The van der Waals surface area contributed by atoms with Crippen LogP contribution in [0, 0.1) is 0 Å². The number of nitrogens with one attached hydrogen (secondary N) is 1. The number of rotatable bonds is 1. The average Bonchev–Trinajstić information content (AvgIpc) is 2.17. The first-order chi connectivity index (χ1) is 6.29. The summed E-state index contributed by atoms with van der Waals surface area (Å²) in [4.78, 5) is 10.8. The molecule has 0 spiro atoms. The molecular formula is C10H10NNaO2. The molecule has 0 radical (unpaired) electrons. The van der Waals surface area contributed by atoms with Crippen molar-refractivity contribution in [2.75, 3.05) is 11.9 Å². The molecule has 0 atom stereocenters. The Balaban J connectivity index is 0.000000980. The minimum absolute atomic E-state index is 0. The van der Waals surface area contributed by atoms with Crippen molar-refractivity contribution in [3.05, 3.63) is 35.9 Å². The summed E-state index contributed by atoms with van der Waals surface area (Å²) < 4.78 is 0. The molecule has 0 bridgehead atoms. The van der Waals surface area contributed by atoms with E-state index in [1.165, 1.54) is 0 Å². The van der Waals surface area contributed by atoms with Crippen LogP contribution in [-0.4, -0.2) is 17.6 Å². The summed E-state index contributed by atoms with van der Waals surface area (Å²) in [5.41, 5.74) is 2.04. The summed E-state index contributed by atoms with van der Waals surface area (Å²) in [5.74, 6) is -0.867. The fourth-order valence-corrected chi connectivity index (χ4v) is 1.45. The molecule has 0 saturated carbocycles. The smallest absolute Gasteiger partial charge is 1.00 e. The van der Waals surface area contributed by atoms with Gasteiger partial charge in [-0.05, 0) is 6.07 Å². The topological polar surface area (TPSA) is 49.3 Å². The fourth-order valence-electron chi connectivity index (χ4n) is 1.45. The van der Waals surface area contributed by atoms with Crippen LogP contribution in [0.1, 0.15) is 6.99 Å². The van der Waals surface area contributed by atoms with Gasteiger partial charge in [0, 0.05) is 17.8 Å². The molecule has 68 valence electrons. The van der Waals surface area contributed by atoms with Crippen LogP contribution in [0.25, 0.3) is 5.57 Å². The van der Waals surface area contributed by atoms with Gasteiger partial charge in [-0.1, -0.05) is 24.3 Å². The molecule has 2 rings (SSSR count). The molecule has 1 aliphatic heterocycles. The SMILES string of the molecule is O=C(O)C1=CCNc2ccccc21.[H-].[Na+]. The average molecular weight is 199 g/mol. The molecule has 14 heavy (non-hydrogen) atoms. The van der Waals surface area contributed by atoms with E-state index >= 15 is 0 Å². The van der Waals surface area contributed by atoms with Crippen LogP contribution in [0.5, 0.6) is 0 Å². The number of anilines is 1. The first-order valence-corrected chi connectivity index (χ1v) is 4.06. The van der Waals surface area contributed by atoms with Gasteiger partial charge in [0.25, 0.3) is 0 Å². The third-order valence-corrected chi connectivity index (χ3v) is 2.05. The summed E-state index contributed by atoms with van der Waals surface area (Å²) in [7, 11) is 0. The fraction of sp³-hybridized carbons (Fsp3) is 0.100. The molecule has 3 nitrogen and oxygen atoms in total. The molecule has 0 saturated heterocycles. The molecule has 1 aliphatic rings. The molecule has 2 N–H and O–H groups in total. The number of carbonyl (C=O) groups is 1. The number of aliphatic carboxylic acids is 1. The molecule has 1 aromatic rings. The molecule has 0 aliphatic carbocycles. The quantitative estimate of drug-likeness (QED) is 0.552. The first kappa shape index (κ1) is 11.3. The van der Waals surface area contributed by atoms with Gasteiger partial charge in [0.1, 0.15) is 0 Å². The van der Waals surface area contributed by atoms with Crippen molar-refractivity contribution in [1.82, 2.24) is 0 Å². The van der Waals surface area contributed by atoms with E-state index in [9.17, 15) is 4.79 Å². The zero-order chi connectivity index (χ0) is 9.26. The Kier molecular flexibility index (Phi) is 3.75. The van der Waals surface area contributed by atoms with E-state index in [4.69, 9.17) is 5.11 Å². The number of para-hydroxylation sites is 1. The number of benzene rings is 1. The largest absolute Gasteiger partial charge is 1.00 e. The van der Waals surface area contributed by atoms with Gasteiger partial charge in [0.15, 0.2) is 0 Å². The van der Waals surface area contributed by atoms with Crippen LogP contribution in [-0.2, 0) is 4.79 Å². The Hall–Kier alpha value is -0.770. The van der Waals surface area contributed by atoms with Gasteiger partial charge in [-0.15, -0.1) is 0 Å². The summed E-state index contributed by atoms with van der Waals surface area (Å²) in [5, 5.41) is 12.0. The number of fused-ring (bicyclic) bond motifs is 1. The minimum atomic E-state index is -0.867. The molecule has 1 heterocycles. The van der Waals surface area contributed by atoms with Crippen molar-refractivity contribution >= 4 is 17.2 Å². The molecule has 1 aromatic carbocycles. The second-order valence-corrected chi connectivity index (χ2v) is 2.85. The number of hydrogen-bond donors (Lipinski definition) is 2. The monoisotopic (exact) mass is 199 g/mol. The standard InChI is InChI=1S/C10H9NO2.Na.H/c12-10(13)8-5-6-11-9-4-2-1-3-7(8)9;;/h1-5,11H,6H2,(H,12,13);;/q;+1;-1. The Morgan fingerprint density at radius 1 is 1.43 bits per heavy atom. The molecular weight excluding hydrogens is 189 g/mol. The van der Waals surface area contributed by atoms with Crippen molar-refractivity contribution in [1.29, 1.82) is 0 Å². The van der Waals surface area contributed by atoms with Gasteiger partial charge < -0.3 is 11.8 Å². The van der Waals surface area contributed by atoms with Crippen molar-refractivity contribution in [2.24, 2.45) is 0 Å². The predicted molar refractivity (Wildman–Crippen MR) is 51.7 cm³/mol. The van der Waals surface area contributed by atoms with Crippen LogP contribution >= 0.6 is 0 Å². The van der Waals surface area contributed by atoms with Gasteiger partial charge in [-0.2, -0.15) is 0 Å². The predicted octanol–water partition coefficient (Wildman–Crippen LogP) is -1.30. The van der Waals surface area contributed by atoms with Gasteiger partial charge in [0.2, 0.25) is 0 Å². The third kappa shape index (κ3) is 2.00. The van der Waals surface area contributed by atoms with E-state index in [-0.39, 0.29) is 31.0 Å². The maximum absolute atomic E-state index is 10.8. The molecule has 0 unspecified atom stereocenters. The summed E-state index contributed by atoms with van der Waals surface area (Å²) in [6, 6.07) is 7.41. The van der Waals surface area contributed by atoms with Crippen LogP contribution in [0.2, 0.25) is 0 Å². The van der Waals surface area contributed by atoms with Gasteiger partial charge in [-0.3, -0.25) is 0 Å². The van der Waals surface area contributed by atoms with Crippen molar-refractivity contribution < 1.29 is 40.9 Å². The maximum Gasteiger partial charge on any atom is 1.00 e. The second-order valence-electron chi connectivity index (χ2n) is 2.85. The molecule has 0 amide bonds. The summed E-state index contributed by atoms with van der Waals surface area (Å²) in [6.45, 7) is 0.582. The zero-order valence-electron chi connectivity index (χ0n) is 8.95. The Labute approximate surface area is 106 Å². The first-order valence-electron chi connectivity index (χ1n) is 4.06. The molecule has 4 heteroatoms.